The van der Waals surface area contributed by atoms with Gasteiger partial charge in [0.25, 0.3) is 19.3 Å². The summed E-state index contributed by atoms with van der Waals surface area (Å²) < 4.78 is 97.4. The van der Waals surface area contributed by atoms with Crippen molar-refractivity contribution in [1.29, 1.82) is 0 Å². The summed E-state index contributed by atoms with van der Waals surface area (Å²) >= 11 is 8.98. The SMILES string of the molecule is CC(C)(C)OC(=O)N1CCN(Cc2ccccc2)[C@H](C(F)F)C1.CC(C)(C)OC(=O)N1CCN(Cc2ccccc2)[C@H](C=O)C1.CC(C)(C)OC(=O)N1CCN(Cc2ccccc2)[C@H](CO)C1.CC(C)(C)OC(=O)N1CCN[C@H](CO)C1.FC(F)[C@@H]1CNCCN1.FC(F)[C@@H]1CNCCN1Cc1ccccc1.O=C(Cl)C(=O)Cl. The number of hydrogen-bond donors (Lipinski definition) is 6. The van der Waals surface area contributed by atoms with Gasteiger partial charge in [-0.05, 0) is 129 Å². The average Bonchev–Trinajstić information content (AvgIpc) is 0.833. The summed E-state index contributed by atoms with van der Waals surface area (Å²) in [5.74, 6) is 0. The van der Waals surface area contributed by atoms with Crippen LogP contribution in [-0.4, -0.2) is 300 Å². The molecule has 6 atom stereocenters. The number of nitrogens with zero attached hydrogens (tertiary/aromatic N) is 8. The number of benzene rings is 4. The van der Waals surface area contributed by atoms with Crippen LogP contribution in [0.3, 0.4) is 0 Å². The van der Waals surface area contributed by atoms with Gasteiger partial charge >= 0.3 is 34.9 Å². The van der Waals surface area contributed by atoms with E-state index in [1.165, 1.54) is 16.0 Å². The fourth-order valence-electron chi connectivity index (χ4n) is 12.0. The molecule has 25 nitrogen and oxygen atoms in total. The Morgan fingerprint density at radius 2 is 0.779 bits per heavy atom. The Morgan fingerprint density at radius 1 is 0.416 bits per heavy atom. The summed E-state index contributed by atoms with van der Waals surface area (Å²) in [4.78, 5) is 92.5. The van der Waals surface area contributed by atoms with Crippen molar-refractivity contribution in [2.24, 2.45) is 0 Å². The summed E-state index contributed by atoms with van der Waals surface area (Å²) in [6.45, 7) is 34.4. The summed E-state index contributed by atoms with van der Waals surface area (Å²) in [5, 5.41) is 28.1. The third kappa shape index (κ3) is 39.8. The fourth-order valence-corrected chi connectivity index (χ4v) is 12.0. The van der Waals surface area contributed by atoms with E-state index < -0.39 is 76.4 Å². The maximum atomic E-state index is 13.4. The molecule has 4 aromatic carbocycles. The molecular formula is C80H120Cl2F6N12O13. The molecule has 0 spiro atoms. The molecule has 6 fully saturated rings. The first-order chi connectivity index (χ1) is 53.2. The van der Waals surface area contributed by atoms with Crippen LogP contribution in [0.1, 0.15) is 105 Å². The number of ether oxygens (including phenoxy) is 4. The minimum atomic E-state index is -2.51. The van der Waals surface area contributed by atoms with Crippen molar-refractivity contribution in [3.05, 3.63) is 144 Å². The third-order valence-corrected chi connectivity index (χ3v) is 18.0. The number of halogens is 8. The van der Waals surface area contributed by atoms with Crippen LogP contribution < -0.4 is 21.3 Å². The first-order valence-corrected chi connectivity index (χ1v) is 38.8. The molecule has 0 radical (unpaired) electrons. The van der Waals surface area contributed by atoms with Gasteiger partial charge in [-0.2, -0.15) is 0 Å². The Kier molecular flexibility index (Phi) is 43.1. The summed E-state index contributed by atoms with van der Waals surface area (Å²) in [5.41, 5.74) is 2.36. The predicted octanol–water partition coefficient (Wildman–Crippen LogP) is 10.0. The zero-order valence-electron chi connectivity index (χ0n) is 67.3. The molecular weight excluding hydrogens is 1520 g/mol. The Bertz CT molecular complexity index is 3400. The van der Waals surface area contributed by atoms with Gasteiger partial charge in [-0.15, -0.1) is 0 Å². The number of piperazine rings is 6. The number of hydrogen-bond acceptors (Lipinski definition) is 21. The highest BCUT2D eigenvalue weighted by Gasteiger charge is 2.39. The lowest BCUT2D eigenvalue weighted by Crippen LogP contribution is -2.57. The molecule has 4 amide bonds. The molecule has 6 heterocycles. The van der Waals surface area contributed by atoms with Gasteiger partial charge in [-0.3, -0.25) is 29.2 Å². The Morgan fingerprint density at radius 3 is 1.13 bits per heavy atom. The van der Waals surface area contributed by atoms with Crippen molar-refractivity contribution in [2.45, 2.75) is 187 Å². The quantitative estimate of drug-likeness (QED) is 0.0212. The number of amides is 4. The number of aldehydes is 1. The third-order valence-electron chi connectivity index (χ3n) is 17.5. The second kappa shape index (κ2) is 49.6. The minimum absolute atomic E-state index is 0.0145. The lowest BCUT2D eigenvalue weighted by atomic mass is 10.1. The highest BCUT2D eigenvalue weighted by Crippen LogP contribution is 2.24. The van der Waals surface area contributed by atoms with Gasteiger partial charge < -0.3 is 74.8 Å². The van der Waals surface area contributed by atoms with Crippen LogP contribution in [-0.2, 0) is 59.5 Å². The van der Waals surface area contributed by atoms with Crippen LogP contribution in [0.15, 0.2) is 121 Å². The number of carbonyl (C=O) groups excluding carboxylic acids is 7. The van der Waals surface area contributed by atoms with Gasteiger partial charge in [0.15, 0.2) is 0 Å². The highest BCUT2D eigenvalue weighted by atomic mass is 35.5. The van der Waals surface area contributed by atoms with Gasteiger partial charge in [0, 0.05) is 150 Å². The van der Waals surface area contributed by atoms with Gasteiger partial charge in [0.2, 0.25) is 0 Å². The molecule has 0 aromatic heterocycles. The first kappa shape index (κ1) is 98.1. The normalized spacial score (nSPS) is 20.7. The van der Waals surface area contributed by atoms with E-state index in [0.717, 1.165) is 43.6 Å². The number of carbonyl (C=O) groups is 7. The van der Waals surface area contributed by atoms with Crippen LogP contribution >= 0.6 is 23.2 Å². The molecule has 6 saturated heterocycles. The summed E-state index contributed by atoms with van der Waals surface area (Å²) in [6.07, 6.45) is -7.59. The number of aliphatic hydroxyl groups is 2. The molecule has 6 aliphatic heterocycles. The largest absolute Gasteiger partial charge is 0.444 e. The van der Waals surface area contributed by atoms with Gasteiger partial charge in [-0.1, -0.05) is 121 Å². The maximum Gasteiger partial charge on any atom is 0.410 e. The zero-order valence-corrected chi connectivity index (χ0v) is 68.8. The fraction of sp³-hybridized carbons (Fsp3) is 0.613. The molecule has 0 unspecified atom stereocenters. The standard InChI is InChI=1S/C17H24F2N2O2.C17H26N2O3.C17H24N2O3.C12H16F2N2.C10H20N2O3.C5H10F2N2.C2Cl2O2/c1-17(2,3)23-16(22)21-10-9-20(14(12-21)15(18)19)11-13-7-5-4-6-8-13;2*1-17(2,3)22-16(21)19-10-9-18(15(12-19)13-20)11-14-7-5-4-6-8-14;13-12(14)11-8-15-6-7-16(11)9-10-4-2-1-3-5-10;1-10(2,3)15-9(14)12-5-4-11-8(6-12)7-13;6-5(7)4-3-8-1-2-9-4;3-1(5)2(4)6/h4-8,14-15H,9-12H2,1-3H3;4-8,15,20H,9-13H2,1-3H3;4-8,13,15H,9-12H2,1-3H3;1-5,11-12,15H,6-9H2;8,11,13H,4-7H2,1-3H3;4-5,8-9H,1-3H2;/t14-;2*15-;11-;8-;4-;/m000000./s1. The van der Waals surface area contributed by atoms with Crippen molar-refractivity contribution in [2.75, 3.05) is 131 Å². The van der Waals surface area contributed by atoms with E-state index in [9.17, 15) is 65.0 Å². The molecule has 4 aromatic rings. The molecule has 6 aliphatic rings. The van der Waals surface area contributed by atoms with Crippen LogP contribution in [0.25, 0.3) is 0 Å². The van der Waals surface area contributed by atoms with E-state index >= 15 is 0 Å². The summed E-state index contributed by atoms with van der Waals surface area (Å²) in [6, 6.07) is 36.9. The monoisotopic (exact) mass is 1640 g/mol. The van der Waals surface area contributed by atoms with Crippen molar-refractivity contribution >= 4 is 64.3 Å². The van der Waals surface area contributed by atoms with E-state index in [2.05, 4.69) is 66.4 Å². The van der Waals surface area contributed by atoms with Crippen LogP contribution in [0.2, 0.25) is 0 Å². The van der Waals surface area contributed by atoms with Gasteiger partial charge in [0.1, 0.15) is 28.7 Å². The maximum absolute atomic E-state index is 13.4. The van der Waals surface area contributed by atoms with E-state index in [4.69, 9.17) is 24.1 Å². The topological polar surface area (TPSA) is 271 Å². The van der Waals surface area contributed by atoms with Crippen molar-refractivity contribution < 1.29 is 89.1 Å². The number of aliphatic hydroxyl groups excluding tert-OH is 2. The number of alkyl halides is 6. The Balaban J connectivity index is 0.000000286. The first-order valence-electron chi connectivity index (χ1n) is 38.0. The minimum Gasteiger partial charge on any atom is -0.444 e. The van der Waals surface area contributed by atoms with Crippen molar-refractivity contribution in [1.82, 2.24) is 60.5 Å². The van der Waals surface area contributed by atoms with Gasteiger partial charge in [-0.25, -0.2) is 45.5 Å². The smallest absolute Gasteiger partial charge is 0.410 e. The van der Waals surface area contributed by atoms with Crippen LogP contribution in [0, 0.1) is 0 Å². The second-order valence-corrected chi connectivity index (χ2v) is 32.2. The lowest BCUT2D eigenvalue weighted by molar-refractivity contribution is -0.127. The number of rotatable bonds is 15. The zero-order chi connectivity index (χ0) is 84.1. The Labute approximate surface area is 672 Å². The van der Waals surface area contributed by atoms with Crippen LogP contribution in [0.4, 0.5) is 45.5 Å². The molecule has 6 N–H and O–H groups in total. The molecule has 0 bridgehead atoms. The second-order valence-electron chi connectivity index (χ2n) is 31.6. The predicted molar refractivity (Wildman–Crippen MR) is 423 cm³/mol. The van der Waals surface area contributed by atoms with Crippen LogP contribution in [0.5, 0.6) is 0 Å². The van der Waals surface area contributed by atoms with Crippen molar-refractivity contribution in [3.63, 3.8) is 0 Å². The van der Waals surface area contributed by atoms with E-state index in [-0.39, 0.29) is 56.2 Å². The molecule has 10 rings (SSSR count). The average molecular weight is 1640 g/mol. The van der Waals surface area contributed by atoms with Crippen molar-refractivity contribution in [3.8, 4) is 0 Å². The highest BCUT2D eigenvalue weighted by molar-refractivity contribution is 6.97. The Hall–Kier alpha value is -7.27. The van der Waals surface area contributed by atoms with Gasteiger partial charge in [0.05, 0.1) is 43.4 Å². The molecule has 0 aliphatic carbocycles. The molecule has 113 heavy (non-hydrogen) atoms. The number of nitrogens with one attached hydrogen (secondary N) is 4. The molecule has 33 heteroatoms. The van der Waals surface area contributed by atoms with E-state index in [1.54, 1.807) is 40.4 Å². The van der Waals surface area contributed by atoms with E-state index in [0.29, 0.717) is 111 Å². The lowest BCUT2D eigenvalue weighted by Gasteiger charge is -2.41. The molecule has 0 saturated carbocycles. The molecule has 634 valence electrons. The van der Waals surface area contributed by atoms with E-state index in [1.807, 2.05) is 176 Å². The summed E-state index contributed by atoms with van der Waals surface area (Å²) in [7, 11) is 0.